The molecule has 0 aliphatic carbocycles. The van der Waals surface area contributed by atoms with E-state index in [-0.39, 0.29) is 5.91 Å². The number of carbonyl (C=O) groups excluding carboxylic acids is 1. The van der Waals surface area contributed by atoms with Crippen molar-refractivity contribution in [2.75, 3.05) is 7.05 Å². The van der Waals surface area contributed by atoms with E-state index in [4.69, 9.17) is 0 Å². The van der Waals surface area contributed by atoms with Crippen LogP contribution >= 0.6 is 15.9 Å². The normalized spacial score (nSPS) is 10.6. The van der Waals surface area contributed by atoms with Crippen molar-refractivity contribution in [3.8, 4) is 0 Å². The first kappa shape index (κ1) is 14.7. The second kappa shape index (κ2) is 6.28. The standard InChI is InChI=1S/C18H15BrN2O/c1-21(12-13-6-9-15(19)10-7-13)18(22)17-11-8-14-4-2-3-5-16(14)20-17/h2-11H,12H2,1H3. The molecule has 2 aromatic carbocycles. The molecule has 0 radical (unpaired) electrons. The minimum absolute atomic E-state index is 0.0753. The number of hydrogen-bond acceptors (Lipinski definition) is 2. The first-order valence-corrected chi connectivity index (χ1v) is 7.78. The summed E-state index contributed by atoms with van der Waals surface area (Å²) in [6.07, 6.45) is 0. The molecular weight excluding hydrogens is 340 g/mol. The number of halogens is 1. The molecule has 0 spiro atoms. The first-order valence-electron chi connectivity index (χ1n) is 6.99. The smallest absolute Gasteiger partial charge is 0.272 e. The summed E-state index contributed by atoms with van der Waals surface area (Å²) in [6.45, 7) is 0.556. The number of benzene rings is 2. The fraction of sp³-hybridized carbons (Fsp3) is 0.111. The molecule has 0 N–H and O–H groups in total. The van der Waals surface area contributed by atoms with Gasteiger partial charge in [-0.1, -0.05) is 52.3 Å². The maximum Gasteiger partial charge on any atom is 0.272 e. The Hall–Kier alpha value is -2.20. The number of fused-ring (bicyclic) bond motifs is 1. The van der Waals surface area contributed by atoms with Crippen molar-refractivity contribution < 1.29 is 4.79 Å². The van der Waals surface area contributed by atoms with Crippen LogP contribution in [0.5, 0.6) is 0 Å². The molecule has 0 aliphatic rings. The molecule has 3 rings (SSSR count). The van der Waals surface area contributed by atoms with Crippen LogP contribution in [0, 0.1) is 0 Å². The molecule has 0 saturated heterocycles. The summed E-state index contributed by atoms with van der Waals surface area (Å²) in [5.74, 6) is -0.0753. The van der Waals surface area contributed by atoms with Crippen molar-refractivity contribution in [1.82, 2.24) is 9.88 Å². The van der Waals surface area contributed by atoms with Crippen molar-refractivity contribution in [3.63, 3.8) is 0 Å². The monoisotopic (exact) mass is 354 g/mol. The number of pyridine rings is 1. The lowest BCUT2D eigenvalue weighted by Gasteiger charge is -2.17. The van der Waals surface area contributed by atoms with E-state index >= 15 is 0 Å². The lowest BCUT2D eigenvalue weighted by Crippen LogP contribution is -2.27. The van der Waals surface area contributed by atoms with E-state index in [1.807, 2.05) is 54.6 Å². The Morgan fingerprint density at radius 3 is 2.55 bits per heavy atom. The van der Waals surface area contributed by atoms with Gasteiger partial charge in [0.05, 0.1) is 5.52 Å². The van der Waals surface area contributed by atoms with Crippen molar-refractivity contribution in [3.05, 3.63) is 76.4 Å². The number of amides is 1. The Kier molecular flexibility index (Phi) is 4.20. The van der Waals surface area contributed by atoms with E-state index < -0.39 is 0 Å². The van der Waals surface area contributed by atoms with Gasteiger partial charge in [-0.15, -0.1) is 0 Å². The second-order valence-electron chi connectivity index (χ2n) is 5.18. The van der Waals surface area contributed by atoms with Crippen molar-refractivity contribution in [2.45, 2.75) is 6.54 Å². The van der Waals surface area contributed by atoms with Crippen LogP contribution in [0.2, 0.25) is 0 Å². The van der Waals surface area contributed by atoms with Crippen molar-refractivity contribution in [1.29, 1.82) is 0 Å². The fourth-order valence-electron chi connectivity index (χ4n) is 2.32. The van der Waals surface area contributed by atoms with Crippen LogP contribution in [0.1, 0.15) is 16.1 Å². The number of nitrogens with zero attached hydrogens (tertiary/aromatic N) is 2. The molecule has 110 valence electrons. The summed E-state index contributed by atoms with van der Waals surface area (Å²) in [7, 11) is 1.79. The van der Waals surface area contributed by atoms with E-state index in [2.05, 4.69) is 20.9 Å². The van der Waals surface area contributed by atoms with Gasteiger partial charge in [0.25, 0.3) is 5.91 Å². The molecule has 4 heteroatoms. The molecule has 0 atom stereocenters. The lowest BCUT2D eigenvalue weighted by atomic mass is 10.2. The highest BCUT2D eigenvalue weighted by Crippen LogP contribution is 2.15. The third kappa shape index (κ3) is 3.17. The molecule has 3 aromatic rings. The summed E-state index contributed by atoms with van der Waals surface area (Å²) < 4.78 is 1.03. The second-order valence-corrected chi connectivity index (χ2v) is 6.09. The summed E-state index contributed by atoms with van der Waals surface area (Å²) in [5.41, 5.74) is 2.39. The third-order valence-corrected chi connectivity index (χ3v) is 4.03. The molecule has 0 aliphatic heterocycles. The molecule has 0 fully saturated rings. The Bertz CT molecular complexity index is 815. The van der Waals surface area contributed by atoms with E-state index in [1.54, 1.807) is 18.0 Å². The van der Waals surface area contributed by atoms with Crippen LogP contribution in [-0.4, -0.2) is 22.8 Å². The zero-order valence-electron chi connectivity index (χ0n) is 12.2. The highest BCUT2D eigenvalue weighted by molar-refractivity contribution is 9.10. The van der Waals surface area contributed by atoms with E-state index in [0.29, 0.717) is 12.2 Å². The van der Waals surface area contributed by atoms with Crippen molar-refractivity contribution >= 4 is 32.7 Å². The van der Waals surface area contributed by atoms with Gasteiger partial charge in [0.15, 0.2) is 0 Å². The van der Waals surface area contributed by atoms with Crippen LogP contribution in [-0.2, 0) is 6.54 Å². The van der Waals surface area contributed by atoms with Gasteiger partial charge in [-0.3, -0.25) is 4.79 Å². The largest absolute Gasteiger partial charge is 0.336 e. The Labute approximate surface area is 137 Å². The van der Waals surface area contributed by atoms with Crippen molar-refractivity contribution in [2.24, 2.45) is 0 Å². The molecule has 1 aromatic heterocycles. The molecular formula is C18H15BrN2O. The van der Waals surface area contributed by atoms with Gasteiger partial charge in [0, 0.05) is 23.5 Å². The number of carbonyl (C=O) groups is 1. The zero-order chi connectivity index (χ0) is 15.5. The maximum absolute atomic E-state index is 12.5. The topological polar surface area (TPSA) is 33.2 Å². The van der Waals surface area contributed by atoms with Gasteiger partial charge in [-0.2, -0.15) is 0 Å². The quantitative estimate of drug-likeness (QED) is 0.703. The Morgan fingerprint density at radius 1 is 1.05 bits per heavy atom. The van der Waals surface area contributed by atoms with Crippen LogP contribution in [0.15, 0.2) is 65.1 Å². The van der Waals surface area contributed by atoms with Crippen LogP contribution in [0.3, 0.4) is 0 Å². The van der Waals surface area contributed by atoms with Gasteiger partial charge in [-0.05, 0) is 29.8 Å². The van der Waals surface area contributed by atoms with Gasteiger partial charge in [0.1, 0.15) is 5.69 Å². The summed E-state index contributed by atoms with van der Waals surface area (Å²) in [4.78, 5) is 18.6. The number of para-hydroxylation sites is 1. The minimum atomic E-state index is -0.0753. The average Bonchev–Trinajstić information content (AvgIpc) is 2.55. The molecule has 1 amide bonds. The van der Waals surface area contributed by atoms with Gasteiger partial charge >= 0.3 is 0 Å². The molecule has 0 unspecified atom stereocenters. The van der Waals surface area contributed by atoms with E-state index in [9.17, 15) is 4.79 Å². The van der Waals surface area contributed by atoms with Gasteiger partial charge in [-0.25, -0.2) is 4.98 Å². The fourth-order valence-corrected chi connectivity index (χ4v) is 2.58. The molecule has 3 nitrogen and oxygen atoms in total. The predicted octanol–water partition coefficient (Wildman–Crippen LogP) is 4.27. The van der Waals surface area contributed by atoms with E-state index in [0.717, 1.165) is 20.9 Å². The van der Waals surface area contributed by atoms with Crippen LogP contribution in [0.4, 0.5) is 0 Å². The van der Waals surface area contributed by atoms with Crippen LogP contribution < -0.4 is 0 Å². The Morgan fingerprint density at radius 2 is 1.77 bits per heavy atom. The third-order valence-electron chi connectivity index (χ3n) is 3.50. The lowest BCUT2D eigenvalue weighted by molar-refractivity contribution is 0.0779. The summed E-state index contributed by atoms with van der Waals surface area (Å²) in [5, 5.41) is 1.04. The summed E-state index contributed by atoms with van der Waals surface area (Å²) >= 11 is 3.41. The van der Waals surface area contributed by atoms with Gasteiger partial charge in [0.2, 0.25) is 0 Å². The predicted molar refractivity (Wildman–Crippen MR) is 91.7 cm³/mol. The Balaban J connectivity index is 1.80. The van der Waals surface area contributed by atoms with Crippen LogP contribution in [0.25, 0.3) is 10.9 Å². The van der Waals surface area contributed by atoms with E-state index in [1.165, 1.54) is 0 Å². The number of hydrogen-bond donors (Lipinski definition) is 0. The van der Waals surface area contributed by atoms with Gasteiger partial charge < -0.3 is 4.90 Å². The SMILES string of the molecule is CN(Cc1ccc(Br)cc1)C(=O)c1ccc2ccccc2n1. The maximum atomic E-state index is 12.5. The molecule has 0 saturated carbocycles. The molecule has 0 bridgehead atoms. The minimum Gasteiger partial charge on any atom is -0.336 e. The number of aromatic nitrogens is 1. The highest BCUT2D eigenvalue weighted by atomic mass is 79.9. The summed E-state index contributed by atoms with van der Waals surface area (Å²) in [6, 6.07) is 19.5. The molecule has 22 heavy (non-hydrogen) atoms. The highest BCUT2D eigenvalue weighted by Gasteiger charge is 2.14. The zero-order valence-corrected chi connectivity index (χ0v) is 13.7. The first-order chi connectivity index (χ1) is 10.6. The number of rotatable bonds is 3. The molecule has 1 heterocycles. The average molecular weight is 355 g/mol.